The Labute approximate surface area is 219 Å². The van der Waals surface area contributed by atoms with E-state index in [0.717, 1.165) is 13.0 Å². The van der Waals surface area contributed by atoms with E-state index in [1.54, 1.807) is 34.4 Å². The largest absolute Gasteiger partial charge is 0.338 e. The van der Waals surface area contributed by atoms with Crippen molar-refractivity contribution in [1.82, 2.24) is 14.7 Å². The van der Waals surface area contributed by atoms with Crippen LogP contribution in [0, 0.1) is 0 Å². The molecule has 35 heavy (non-hydrogen) atoms. The predicted molar refractivity (Wildman–Crippen MR) is 141 cm³/mol. The van der Waals surface area contributed by atoms with E-state index in [4.69, 9.17) is 23.2 Å². The average Bonchev–Trinajstić information content (AvgIpc) is 3.33. The lowest BCUT2D eigenvalue weighted by atomic mass is 9.93. The highest BCUT2D eigenvalue weighted by molar-refractivity contribution is 7.10. The molecule has 1 saturated heterocycles. The Hall–Kier alpha value is -2.38. The number of benzene rings is 2. The Kier molecular flexibility index (Phi) is 7.17. The fourth-order valence-electron chi connectivity index (χ4n) is 5.14. The van der Waals surface area contributed by atoms with Crippen LogP contribution < -0.4 is 0 Å². The molecule has 5 nitrogen and oxygen atoms in total. The Morgan fingerprint density at radius 1 is 1.03 bits per heavy atom. The number of nitrogens with zero attached hydrogens (tertiary/aromatic N) is 3. The van der Waals surface area contributed by atoms with Crippen LogP contribution in [0.5, 0.6) is 0 Å². The van der Waals surface area contributed by atoms with Crippen LogP contribution in [0.3, 0.4) is 0 Å². The van der Waals surface area contributed by atoms with E-state index >= 15 is 0 Å². The van der Waals surface area contributed by atoms with Crippen LogP contribution in [-0.4, -0.2) is 65.3 Å². The fraction of sp³-hybridized carbons (Fsp3) is 0.333. The summed E-state index contributed by atoms with van der Waals surface area (Å²) in [7, 11) is 0. The van der Waals surface area contributed by atoms with E-state index in [-0.39, 0.29) is 23.9 Å². The highest BCUT2D eigenvalue weighted by Gasteiger charge is 2.35. The maximum absolute atomic E-state index is 13.4. The second kappa shape index (κ2) is 10.3. The molecule has 0 saturated carbocycles. The summed E-state index contributed by atoms with van der Waals surface area (Å²) in [6.07, 6.45) is 0.962. The summed E-state index contributed by atoms with van der Waals surface area (Å²) in [6.45, 7) is 4.67. The minimum absolute atomic E-state index is 0.0856. The van der Waals surface area contributed by atoms with Gasteiger partial charge in [-0.05, 0) is 54.1 Å². The van der Waals surface area contributed by atoms with Gasteiger partial charge in [-0.1, -0.05) is 53.5 Å². The van der Waals surface area contributed by atoms with Gasteiger partial charge in [-0.3, -0.25) is 14.5 Å². The summed E-state index contributed by atoms with van der Waals surface area (Å²) in [5.41, 5.74) is 2.96. The number of carbonyl (C=O) groups excluding carboxylic acids is 2. The molecule has 2 aromatic carbocycles. The molecule has 182 valence electrons. The monoisotopic (exact) mass is 527 g/mol. The van der Waals surface area contributed by atoms with Crippen molar-refractivity contribution in [3.8, 4) is 0 Å². The van der Waals surface area contributed by atoms with Crippen LogP contribution in [0.2, 0.25) is 10.0 Å². The normalized spacial score (nSPS) is 20.5. The molecule has 0 N–H and O–H groups in total. The zero-order chi connectivity index (χ0) is 24.5. The van der Waals surface area contributed by atoms with Crippen LogP contribution in [0.25, 0.3) is 0 Å². The van der Waals surface area contributed by atoms with Crippen LogP contribution in [0.4, 0.5) is 0 Å². The van der Waals surface area contributed by atoms with Gasteiger partial charge in [-0.25, -0.2) is 0 Å². The summed E-state index contributed by atoms with van der Waals surface area (Å²) in [4.78, 5) is 33.9. The second-order valence-electron chi connectivity index (χ2n) is 9.14. The van der Waals surface area contributed by atoms with Crippen molar-refractivity contribution in [3.63, 3.8) is 0 Å². The molecule has 3 aromatic rings. The molecule has 8 heteroatoms. The highest BCUT2D eigenvalue weighted by Crippen LogP contribution is 2.37. The maximum Gasteiger partial charge on any atom is 0.255 e. The number of carbonyl (C=O) groups is 2. The lowest BCUT2D eigenvalue weighted by Gasteiger charge is -2.42. The van der Waals surface area contributed by atoms with Crippen LogP contribution in [0.1, 0.15) is 39.3 Å². The highest BCUT2D eigenvalue weighted by atomic mass is 35.5. The van der Waals surface area contributed by atoms with Crippen molar-refractivity contribution in [2.75, 3.05) is 32.7 Å². The lowest BCUT2D eigenvalue weighted by Crippen LogP contribution is -2.57. The van der Waals surface area contributed by atoms with Crippen LogP contribution in [-0.2, 0) is 11.2 Å². The zero-order valence-corrected chi connectivity index (χ0v) is 21.8. The number of halogens is 2. The number of rotatable bonds is 4. The van der Waals surface area contributed by atoms with Crippen LogP contribution in [0.15, 0.2) is 60.0 Å². The molecule has 0 radical (unpaired) electrons. The van der Waals surface area contributed by atoms with E-state index in [0.29, 0.717) is 41.8 Å². The van der Waals surface area contributed by atoms with E-state index in [2.05, 4.69) is 40.6 Å². The van der Waals surface area contributed by atoms with Gasteiger partial charge in [0.15, 0.2) is 0 Å². The third-order valence-electron chi connectivity index (χ3n) is 6.92. The first kappa shape index (κ1) is 24.3. The van der Waals surface area contributed by atoms with Gasteiger partial charge in [0.25, 0.3) is 5.91 Å². The molecule has 2 amide bonds. The molecule has 2 atom stereocenters. The average molecular weight is 529 g/mol. The molecule has 1 fully saturated rings. The van der Waals surface area contributed by atoms with Crippen molar-refractivity contribution in [1.29, 1.82) is 0 Å². The van der Waals surface area contributed by atoms with Crippen LogP contribution >= 0.6 is 34.5 Å². The minimum atomic E-state index is -0.128. The summed E-state index contributed by atoms with van der Waals surface area (Å²) >= 11 is 14.1. The molecule has 0 unspecified atom stereocenters. The number of amides is 2. The van der Waals surface area contributed by atoms with Gasteiger partial charge in [-0.2, -0.15) is 0 Å². The third kappa shape index (κ3) is 4.98. The Bertz CT molecular complexity index is 1230. The molecule has 2 aliphatic heterocycles. The van der Waals surface area contributed by atoms with Gasteiger partial charge in [0.1, 0.15) is 0 Å². The zero-order valence-electron chi connectivity index (χ0n) is 19.5. The van der Waals surface area contributed by atoms with E-state index in [9.17, 15) is 9.59 Å². The van der Waals surface area contributed by atoms with Crippen molar-refractivity contribution >= 4 is 46.4 Å². The third-order valence-corrected chi connectivity index (χ3v) is 8.47. The molecule has 0 spiro atoms. The molecular formula is C27H27Cl2N3O2S. The standard InChI is InChI=1S/C27H27Cl2N3O2S/c1-18-16-30(12-13-32(18)27(34)21-8-7-20(28)15-23(21)29)25(33)17-31-11-9-24-22(10-14-35-24)26(31)19-5-3-2-4-6-19/h2-8,10,14-15,18,26H,9,11-13,16-17H2,1H3/t18-,26+/m1/s1. The molecule has 5 rings (SSSR count). The van der Waals surface area contributed by atoms with E-state index in [1.165, 1.54) is 16.0 Å². The van der Waals surface area contributed by atoms with Crippen molar-refractivity contribution in [3.05, 3.63) is 91.6 Å². The quantitative estimate of drug-likeness (QED) is 0.457. The number of thiophene rings is 1. The first-order valence-electron chi connectivity index (χ1n) is 11.8. The number of hydrogen-bond donors (Lipinski definition) is 0. The van der Waals surface area contributed by atoms with Gasteiger partial charge in [0, 0.05) is 42.1 Å². The predicted octanol–water partition coefficient (Wildman–Crippen LogP) is 5.38. The van der Waals surface area contributed by atoms with E-state index < -0.39 is 0 Å². The summed E-state index contributed by atoms with van der Waals surface area (Å²) < 4.78 is 0. The van der Waals surface area contributed by atoms with Gasteiger partial charge < -0.3 is 9.80 Å². The number of piperazine rings is 1. The molecule has 1 aromatic heterocycles. The van der Waals surface area contributed by atoms with Gasteiger partial charge in [0.05, 0.1) is 23.2 Å². The SMILES string of the molecule is C[C@@H]1CN(C(=O)CN2CCc3sccc3[C@@H]2c2ccccc2)CCN1C(=O)c1ccc(Cl)cc1Cl. The number of hydrogen-bond acceptors (Lipinski definition) is 4. The van der Waals surface area contributed by atoms with Crippen molar-refractivity contribution < 1.29 is 9.59 Å². The van der Waals surface area contributed by atoms with Gasteiger partial charge >= 0.3 is 0 Å². The van der Waals surface area contributed by atoms with E-state index in [1.807, 2.05) is 17.9 Å². The summed E-state index contributed by atoms with van der Waals surface area (Å²) in [5, 5.41) is 2.99. The van der Waals surface area contributed by atoms with Gasteiger partial charge in [-0.15, -0.1) is 11.3 Å². The summed E-state index contributed by atoms with van der Waals surface area (Å²) in [6, 6.07) is 17.5. The molecular weight excluding hydrogens is 501 g/mol. The Balaban J connectivity index is 1.27. The first-order chi connectivity index (χ1) is 16.9. The van der Waals surface area contributed by atoms with Crippen molar-refractivity contribution in [2.24, 2.45) is 0 Å². The fourth-order valence-corrected chi connectivity index (χ4v) is 6.53. The van der Waals surface area contributed by atoms with Gasteiger partial charge in [0.2, 0.25) is 5.91 Å². The Morgan fingerprint density at radius 2 is 1.83 bits per heavy atom. The Morgan fingerprint density at radius 3 is 2.57 bits per heavy atom. The number of fused-ring (bicyclic) bond motifs is 1. The minimum Gasteiger partial charge on any atom is -0.338 e. The smallest absolute Gasteiger partial charge is 0.255 e. The molecule has 0 aliphatic carbocycles. The first-order valence-corrected chi connectivity index (χ1v) is 13.4. The second-order valence-corrected chi connectivity index (χ2v) is 11.0. The van der Waals surface area contributed by atoms with Crippen molar-refractivity contribution in [2.45, 2.75) is 25.4 Å². The summed E-state index contributed by atoms with van der Waals surface area (Å²) in [5.74, 6) is -0.0236. The molecule has 3 heterocycles. The topological polar surface area (TPSA) is 43.9 Å². The molecule has 0 bridgehead atoms. The lowest BCUT2D eigenvalue weighted by molar-refractivity contribution is -0.135. The molecule has 2 aliphatic rings. The maximum atomic E-state index is 13.4.